The molecule has 0 saturated heterocycles. The summed E-state index contributed by atoms with van der Waals surface area (Å²) in [5.41, 5.74) is 2.55. The van der Waals surface area contributed by atoms with Crippen molar-refractivity contribution in [1.82, 2.24) is 29.9 Å². The van der Waals surface area contributed by atoms with E-state index < -0.39 is 0 Å². The first-order chi connectivity index (χ1) is 16.0. The Kier molecular flexibility index (Phi) is 5.47. The monoisotopic (exact) mass is 462 g/mol. The highest BCUT2D eigenvalue weighted by Gasteiger charge is 2.29. The number of rotatable bonds is 7. The van der Waals surface area contributed by atoms with Gasteiger partial charge >= 0.3 is 0 Å². The molecule has 33 heavy (non-hydrogen) atoms. The van der Waals surface area contributed by atoms with E-state index in [2.05, 4.69) is 31.1 Å². The Hall–Kier alpha value is -3.86. The van der Waals surface area contributed by atoms with Crippen LogP contribution in [-0.2, 0) is 4.79 Å². The van der Waals surface area contributed by atoms with Crippen molar-refractivity contribution in [2.45, 2.75) is 29.7 Å². The summed E-state index contributed by atoms with van der Waals surface area (Å²) >= 11 is 1.46. The number of nitrogens with one attached hydrogen (secondary N) is 4. The molecule has 0 bridgehead atoms. The van der Waals surface area contributed by atoms with Crippen LogP contribution in [-0.4, -0.2) is 43.4 Å². The van der Waals surface area contributed by atoms with Gasteiger partial charge in [0.1, 0.15) is 16.4 Å². The number of hydrogen-bond acceptors (Lipinski definition) is 7. The van der Waals surface area contributed by atoms with E-state index in [0.717, 1.165) is 29.1 Å². The topological polar surface area (TPSA) is 129 Å². The second-order valence-corrected chi connectivity index (χ2v) is 8.90. The SMILES string of the molecule is CNC(=O)c1cn2c(Nc3cc(C)[nH]n3)nc(Sc3ccc(NC(=O)C4CC4)cc3)cc2n1. The highest BCUT2D eigenvalue weighted by Crippen LogP contribution is 2.32. The van der Waals surface area contributed by atoms with Crippen LogP contribution in [0.5, 0.6) is 0 Å². The van der Waals surface area contributed by atoms with Crippen molar-refractivity contribution in [2.24, 2.45) is 5.92 Å². The molecule has 11 heteroatoms. The summed E-state index contributed by atoms with van der Waals surface area (Å²) in [7, 11) is 1.56. The number of benzene rings is 1. The van der Waals surface area contributed by atoms with Crippen LogP contribution < -0.4 is 16.0 Å². The molecule has 0 aliphatic heterocycles. The maximum Gasteiger partial charge on any atom is 0.271 e. The number of carbonyl (C=O) groups is 2. The number of H-pyrrole nitrogens is 1. The van der Waals surface area contributed by atoms with E-state index in [1.54, 1.807) is 17.6 Å². The Labute approximate surface area is 193 Å². The normalized spacial score (nSPS) is 13.2. The van der Waals surface area contributed by atoms with E-state index in [4.69, 9.17) is 4.98 Å². The smallest absolute Gasteiger partial charge is 0.271 e. The van der Waals surface area contributed by atoms with Crippen molar-refractivity contribution in [1.29, 1.82) is 0 Å². The maximum absolute atomic E-state index is 12.1. The number of aromatic nitrogens is 5. The van der Waals surface area contributed by atoms with Crippen molar-refractivity contribution >= 4 is 46.7 Å². The second kappa shape index (κ2) is 8.58. The standard InChI is InChI=1S/C22H22N8O2S/c1-12-9-17(29-28-12)26-22-27-19(10-18-25-16(11-30(18)22)21(32)23-2)33-15-7-5-14(6-8-15)24-20(31)13-3-4-13/h5-11,13H,3-4H2,1-2H3,(H,23,32)(H,24,31)(H2,26,27,28,29). The van der Waals surface area contributed by atoms with Crippen LogP contribution in [0.3, 0.4) is 0 Å². The molecule has 0 atom stereocenters. The third kappa shape index (κ3) is 4.67. The average molecular weight is 463 g/mol. The Bertz CT molecular complexity index is 1340. The first-order valence-corrected chi connectivity index (χ1v) is 11.3. The number of aryl methyl sites for hydroxylation is 1. The Morgan fingerprint density at radius 1 is 1.15 bits per heavy atom. The Balaban J connectivity index is 1.43. The molecular formula is C22H22N8O2S. The predicted molar refractivity (Wildman–Crippen MR) is 125 cm³/mol. The number of hydrogen-bond donors (Lipinski definition) is 4. The minimum absolute atomic E-state index is 0.0815. The fourth-order valence-corrected chi connectivity index (χ4v) is 4.07. The van der Waals surface area contributed by atoms with Crippen molar-refractivity contribution in [2.75, 3.05) is 17.7 Å². The van der Waals surface area contributed by atoms with Gasteiger partial charge in [0.15, 0.2) is 5.82 Å². The zero-order valence-corrected chi connectivity index (χ0v) is 18.9. The molecule has 4 aromatic rings. The molecule has 0 unspecified atom stereocenters. The number of amides is 2. The fraction of sp³-hybridized carbons (Fsp3) is 0.227. The number of aromatic amines is 1. The van der Waals surface area contributed by atoms with Crippen LogP contribution in [0.15, 0.2) is 52.5 Å². The van der Waals surface area contributed by atoms with Gasteiger partial charge in [-0.2, -0.15) is 5.10 Å². The average Bonchev–Trinajstić information content (AvgIpc) is 3.45. The van der Waals surface area contributed by atoms with Crippen molar-refractivity contribution in [3.05, 3.63) is 54.0 Å². The lowest BCUT2D eigenvalue weighted by molar-refractivity contribution is -0.117. The van der Waals surface area contributed by atoms with Gasteiger partial charge in [-0.3, -0.25) is 19.1 Å². The molecule has 1 aliphatic carbocycles. The largest absolute Gasteiger partial charge is 0.354 e. The second-order valence-electron chi connectivity index (χ2n) is 7.80. The van der Waals surface area contributed by atoms with Gasteiger partial charge < -0.3 is 16.0 Å². The summed E-state index contributed by atoms with van der Waals surface area (Å²) in [6.45, 7) is 1.91. The maximum atomic E-state index is 12.1. The molecule has 1 fully saturated rings. The Morgan fingerprint density at radius 2 is 1.94 bits per heavy atom. The summed E-state index contributed by atoms with van der Waals surface area (Å²) < 4.78 is 1.72. The molecule has 3 heterocycles. The zero-order valence-electron chi connectivity index (χ0n) is 18.0. The molecule has 5 rings (SSSR count). The van der Waals surface area contributed by atoms with Crippen LogP contribution in [0.4, 0.5) is 17.5 Å². The summed E-state index contributed by atoms with van der Waals surface area (Å²) in [5, 5.41) is 16.5. The van der Waals surface area contributed by atoms with Crippen LogP contribution >= 0.6 is 11.8 Å². The molecule has 168 valence electrons. The molecule has 4 N–H and O–H groups in total. The molecule has 1 aromatic carbocycles. The van der Waals surface area contributed by atoms with Crippen molar-refractivity contribution in [3.8, 4) is 0 Å². The quantitative estimate of drug-likeness (QED) is 0.310. The van der Waals surface area contributed by atoms with Gasteiger partial charge in [-0.05, 0) is 44.0 Å². The highest BCUT2D eigenvalue weighted by molar-refractivity contribution is 7.99. The van der Waals surface area contributed by atoms with Gasteiger partial charge in [0.25, 0.3) is 5.91 Å². The number of fused-ring (bicyclic) bond motifs is 1. The predicted octanol–water partition coefficient (Wildman–Crippen LogP) is 3.36. The lowest BCUT2D eigenvalue weighted by atomic mass is 10.3. The van der Waals surface area contributed by atoms with Crippen LogP contribution in [0.25, 0.3) is 5.65 Å². The van der Waals surface area contributed by atoms with Gasteiger partial charge in [0.05, 0.1) is 0 Å². The van der Waals surface area contributed by atoms with Gasteiger partial charge in [-0.15, -0.1) is 0 Å². The number of carbonyl (C=O) groups excluding carboxylic acids is 2. The van der Waals surface area contributed by atoms with E-state index in [-0.39, 0.29) is 17.7 Å². The van der Waals surface area contributed by atoms with E-state index in [9.17, 15) is 9.59 Å². The molecule has 2 amide bonds. The van der Waals surface area contributed by atoms with E-state index >= 15 is 0 Å². The molecule has 0 radical (unpaired) electrons. The third-order valence-electron chi connectivity index (χ3n) is 5.13. The van der Waals surface area contributed by atoms with Gasteiger partial charge in [-0.1, -0.05) is 11.8 Å². The fourth-order valence-electron chi connectivity index (χ4n) is 3.26. The zero-order chi connectivity index (χ0) is 22.9. The molecule has 0 spiro atoms. The van der Waals surface area contributed by atoms with Gasteiger partial charge in [0, 0.05) is 47.6 Å². The molecule has 10 nitrogen and oxygen atoms in total. The number of nitrogens with zero attached hydrogens (tertiary/aromatic N) is 4. The van der Waals surface area contributed by atoms with E-state index in [1.165, 1.54) is 11.8 Å². The lowest BCUT2D eigenvalue weighted by Gasteiger charge is -2.09. The highest BCUT2D eigenvalue weighted by atomic mass is 32.2. The number of anilines is 3. The van der Waals surface area contributed by atoms with E-state index in [1.807, 2.05) is 43.3 Å². The van der Waals surface area contributed by atoms with Crippen molar-refractivity contribution in [3.63, 3.8) is 0 Å². The third-order valence-corrected chi connectivity index (χ3v) is 6.05. The summed E-state index contributed by atoms with van der Waals surface area (Å²) in [5.74, 6) is 1.05. The van der Waals surface area contributed by atoms with Crippen molar-refractivity contribution < 1.29 is 9.59 Å². The Morgan fingerprint density at radius 3 is 2.61 bits per heavy atom. The summed E-state index contributed by atoms with van der Waals surface area (Å²) in [6.07, 6.45) is 3.57. The number of imidazole rings is 1. The molecule has 1 saturated carbocycles. The molecule has 1 aliphatic rings. The van der Waals surface area contributed by atoms with Gasteiger partial charge in [-0.25, -0.2) is 9.97 Å². The summed E-state index contributed by atoms with van der Waals surface area (Å²) in [4.78, 5) is 34.2. The molecule has 3 aromatic heterocycles. The first-order valence-electron chi connectivity index (χ1n) is 10.5. The lowest BCUT2D eigenvalue weighted by Crippen LogP contribution is -2.17. The minimum Gasteiger partial charge on any atom is -0.354 e. The summed E-state index contributed by atoms with van der Waals surface area (Å²) in [6, 6.07) is 11.3. The van der Waals surface area contributed by atoms with Crippen LogP contribution in [0, 0.1) is 12.8 Å². The molecular weight excluding hydrogens is 440 g/mol. The van der Waals surface area contributed by atoms with Crippen LogP contribution in [0.1, 0.15) is 29.0 Å². The van der Waals surface area contributed by atoms with Gasteiger partial charge in [0.2, 0.25) is 11.9 Å². The minimum atomic E-state index is -0.279. The van der Waals surface area contributed by atoms with Crippen LogP contribution in [0.2, 0.25) is 0 Å². The van der Waals surface area contributed by atoms with E-state index in [0.29, 0.717) is 28.1 Å². The first kappa shape index (κ1) is 21.0.